The van der Waals surface area contributed by atoms with Crippen molar-refractivity contribution in [3.05, 3.63) is 64.3 Å². The van der Waals surface area contributed by atoms with Gasteiger partial charge in [0.05, 0.1) is 0 Å². The highest BCUT2D eigenvalue weighted by atomic mass is 35.5. The van der Waals surface area contributed by atoms with Crippen LogP contribution in [0.3, 0.4) is 0 Å². The van der Waals surface area contributed by atoms with Crippen LogP contribution in [0, 0.1) is 5.21 Å². The van der Waals surface area contributed by atoms with E-state index < -0.39 is 5.23 Å². The van der Waals surface area contributed by atoms with Crippen LogP contribution in [0.5, 0.6) is 0 Å². The van der Waals surface area contributed by atoms with Crippen LogP contribution in [-0.2, 0) is 0 Å². The molecule has 0 bridgehead atoms. The Morgan fingerprint density at radius 3 is 2.50 bits per heavy atom. The van der Waals surface area contributed by atoms with Gasteiger partial charge in [0.2, 0.25) is 5.16 Å². The molecule has 0 saturated heterocycles. The topological polar surface area (TPSA) is 90.5 Å². The largest absolute Gasteiger partial charge is 0.595 e. The Morgan fingerprint density at radius 2 is 1.83 bits per heavy atom. The predicted octanol–water partition coefficient (Wildman–Crippen LogP) is 2.35. The van der Waals surface area contributed by atoms with Crippen molar-refractivity contribution in [2.75, 3.05) is 5.43 Å². The van der Waals surface area contributed by atoms with Crippen LogP contribution < -0.4 is 10.7 Å². The lowest BCUT2D eigenvalue weighted by atomic mass is 10.2. The highest BCUT2D eigenvalue weighted by molar-refractivity contribution is 7.99. The minimum atomic E-state index is -0.954. The Balaban J connectivity index is 1.61. The summed E-state index contributed by atoms with van der Waals surface area (Å²) < 4.78 is 1.82. The third-order valence-electron chi connectivity index (χ3n) is 3.67. The molecule has 0 saturated carbocycles. The van der Waals surface area contributed by atoms with Gasteiger partial charge in [-0.3, -0.25) is 0 Å². The molecule has 2 heterocycles. The first-order valence-corrected chi connectivity index (χ1v) is 8.35. The molecular weight excluding hydrogens is 350 g/mol. The molecule has 0 aliphatic carbocycles. The van der Waals surface area contributed by atoms with Gasteiger partial charge in [0, 0.05) is 22.7 Å². The molecule has 0 fully saturated rings. The molecule has 7 nitrogen and oxygen atoms in total. The molecule has 2 aromatic carbocycles. The van der Waals surface area contributed by atoms with E-state index >= 15 is 0 Å². The van der Waals surface area contributed by atoms with E-state index in [1.165, 1.54) is 0 Å². The summed E-state index contributed by atoms with van der Waals surface area (Å²) >= 11 is 7.49. The molecule has 4 rings (SSSR count). The number of fused-ring (bicyclic) bond motifs is 1. The second kappa shape index (κ2) is 6.08. The van der Waals surface area contributed by atoms with Crippen LogP contribution >= 0.6 is 23.4 Å². The molecule has 24 heavy (non-hydrogen) atoms. The number of hydrogen-bond acceptors (Lipinski definition) is 6. The zero-order valence-corrected chi connectivity index (χ0v) is 13.8. The van der Waals surface area contributed by atoms with Crippen LogP contribution in [0.4, 0.5) is 5.69 Å². The molecule has 1 aromatic heterocycles. The van der Waals surface area contributed by atoms with Gasteiger partial charge in [0.25, 0.3) is 0 Å². The number of hydrogen-bond donors (Lipinski definition) is 3. The summed E-state index contributed by atoms with van der Waals surface area (Å²) in [7, 11) is 0. The van der Waals surface area contributed by atoms with Crippen molar-refractivity contribution in [1.29, 1.82) is 0 Å². The fourth-order valence-electron chi connectivity index (χ4n) is 2.44. The highest BCUT2D eigenvalue weighted by Crippen LogP contribution is 2.40. The number of quaternary nitrogens is 1. The minimum Gasteiger partial charge on any atom is -0.595 e. The first kappa shape index (κ1) is 15.4. The van der Waals surface area contributed by atoms with Gasteiger partial charge in [0.15, 0.2) is 11.5 Å². The van der Waals surface area contributed by atoms with E-state index in [4.69, 9.17) is 16.8 Å². The third-order valence-corrected chi connectivity index (χ3v) is 5.01. The maximum Gasteiger partial charge on any atom is 0.212 e. The molecular formula is C15H12ClN5O2S. The number of halogens is 1. The van der Waals surface area contributed by atoms with Crippen LogP contribution in [0.1, 0.15) is 10.9 Å². The lowest BCUT2D eigenvalue weighted by molar-refractivity contribution is -0.991. The Labute approximate surface area is 146 Å². The summed E-state index contributed by atoms with van der Waals surface area (Å²) in [6.07, 6.45) is 0. The molecule has 0 spiro atoms. The van der Waals surface area contributed by atoms with Gasteiger partial charge in [-0.2, -0.15) is 5.23 Å². The standard InChI is InChI=1S/C15H12ClN5O2S/c16-11-5-1-10(2-6-11)14-19-20-13(17-18-15(20)24-14)9-3-7-12(8-4-9)21(22)23/h1-8,14,19,21-22H. The van der Waals surface area contributed by atoms with Crippen molar-refractivity contribution < 1.29 is 10.4 Å². The fourth-order valence-corrected chi connectivity index (χ4v) is 3.56. The zero-order chi connectivity index (χ0) is 16.7. The number of thioether (sulfide) groups is 1. The zero-order valence-electron chi connectivity index (χ0n) is 12.2. The van der Waals surface area contributed by atoms with Gasteiger partial charge in [-0.15, -0.1) is 10.2 Å². The van der Waals surface area contributed by atoms with Gasteiger partial charge in [-0.1, -0.05) is 35.5 Å². The SMILES string of the molecule is [O-][NH+](O)c1ccc(-c2nnc3n2NC(c2ccc(Cl)cc2)S3)cc1. The lowest BCUT2D eigenvalue weighted by Gasteiger charge is -2.13. The van der Waals surface area contributed by atoms with Crippen molar-refractivity contribution in [3.8, 4) is 11.4 Å². The molecule has 3 aromatic rings. The van der Waals surface area contributed by atoms with Crippen molar-refractivity contribution in [2.24, 2.45) is 0 Å². The Morgan fingerprint density at radius 1 is 1.12 bits per heavy atom. The first-order chi connectivity index (χ1) is 11.6. The minimum absolute atomic E-state index is 0.0183. The van der Waals surface area contributed by atoms with Gasteiger partial charge in [0.1, 0.15) is 5.37 Å². The maximum atomic E-state index is 11.0. The molecule has 0 radical (unpaired) electrons. The Kier molecular flexibility index (Phi) is 3.91. The van der Waals surface area contributed by atoms with Crippen molar-refractivity contribution in [1.82, 2.24) is 14.9 Å². The first-order valence-electron chi connectivity index (χ1n) is 7.09. The second-order valence-electron chi connectivity index (χ2n) is 5.20. The average Bonchev–Trinajstić information content (AvgIpc) is 3.16. The number of benzene rings is 2. The molecule has 9 heteroatoms. The van der Waals surface area contributed by atoms with Gasteiger partial charge < -0.3 is 10.6 Å². The lowest BCUT2D eigenvalue weighted by Crippen LogP contribution is -2.99. The van der Waals surface area contributed by atoms with Crippen molar-refractivity contribution in [3.63, 3.8) is 0 Å². The molecule has 1 aliphatic rings. The average molecular weight is 362 g/mol. The molecule has 2 unspecified atom stereocenters. The Bertz CT molecular complexity index is 867. The Hall–Kier alpha value is -2.10. The normalized spacial score (nSPS) is 17.4. The van der Waals surface area contributed by atoms with Gasteiger partial charge in [-0.25, -0.2) is 9.88 Å². The second-order valence-corrected chi connectivity index (χ2v) is 6.71. The predicted molar refractivity (Wildman–Crippen MR) is 90.6 cm³/mol. The number of aromatic nitrogens is 3. The van der Waals surface area contributed by atoms with Crippen LogP contribution in [0.25, 0.3) is 11.4 Å². The van der Waals surface area contributed by atoms with Crippen molar-refractivity contribution >= 4 is 29.1 Å². The monoisotopic (exact) mass is 361 g/mol. The summed E-state index contributed by atoms with van der Waals surface area (Å²) in [5.74, 6) is 0.644. The van der Waals surface area contributed by atoms with E-state index in [2.05, 4.69) is 15.6 Å². The van der Waals surface area contributed by atoms with E-state index in [0.29, 0.717) is 10.8 Å². The summed E-state index contributed by atoms with van der Waals surface area (Å²) in [6, 6.07) is 14.2. The smallest absolute Gasteiger partial charge is 0.212 e. The molecule has 0 amide bonds. The van der Waals surface area contributed by atoms with E-state index in [1.54, 1.807) is 36.0 Å². The number of rotatable bonds is 3. The molecule has 3 N–H and O–H groups in total. The van der Waals surface area contributed by atoms with E-state index in [9.17, 15) is 5.21 Å². The van der Waals surface area contributed by atoms with Crippen LogP contribution in [0.15, 0.2) is 53.7 Å². The maximum absolute atomic E-state index is 11.0. The summed E-state index contributed by atoms with van der Waals surface area (Å²) in [5, 5.41) is 28.8. The summed E-state index contributed by atoms with van der Waals surface area (Å²) in [5.41, 5.74) is 5.47. The molecule has 122 valence electrons. The quantitative estimate of drug-likeness (QED) is 0.620. The highest BCUT2D eigenvalue weighted by Gasteiger charge is 2.28. The van der Waals surface area contributed by atoms with E-state index in [-0.39, 0.29) is 11.1 Å². The summed E-state index contributed by atoms with van der Waals surface area (Å²) in [4.78, 5) is 0. The van der Waals surface area contributed by atoms with Gasteiger partial charge >= 0.3 is 0 Å². The molecule has 2 atom stereocenters. The van der Waals surface area contributed by atoms with E-state index in [1.807, 2.05) is 28.9 Å². The molecule has 1 aliphatic heterocycles. The van der Waals surface area contributed by atoms with Crippen LogP contribution in [-0.4, -0.2) is 20.1 Å². The van der Waals surface area contributed by atoms with Gasteiger partial charge in [-0.05, 0) is 29.8 Å². The third kappa shape index (κ3) is 2.74. The fraction of sp³-hybridized carbons (Fsp3) is 0.0667. The van der Waals surface area contributed by atoms with Crippen molar-refractivity contribution in [2.45, 2.75) is 10.5 Å². The summed E-state index contributed by atoms with van der Waals surface area (Å²) in [6.45, 7) is 0. The van der Waals surface area contributed by atoms with Crippen LogP contribution in [0.2, 0.25) is 5.02 Å². The number of nitrogens with one attached hydrogen (secondary N) is 2. The number of nitrogens with zero attached hydrogens (tertiary/aromatic N) is 3. The van der Waals surface area contributed by atoms with E-state index in [0.717, 1.165) is 16.3 Å².